The van der Waals surface area contributed by atoms with Crippen LogP contribution in [0, 0.1) is 0 Å². The summed E-state index contributed by atoms with van der Waals surface area (Å²) in [6, 6.07) is 75.7. The van der Waals surface area contributed by atoms with Crippen LogP contribution >= 0.6 is 11.3 Å². The highest BCUT2D eigenvalue weighted by atomic mass is 32.1. The van der Waals surface area contributed by atoms with E-state index < -0.39 is 5.41 Å². The van der Waals surface area contributed by atoms with Gasteiger partial charge in [0.25, 0.3) is 0 Å². The van der Waals surface area contributed by atoms with Crippen molar-refractivity contribution in [1.29, 1.82) is 0 Å². The second-order valence-corrected chi connectivity index (χ2v) is 18.0. The SMILES string of the molecule is c1ccc(-c2nc(-c3ccc4c(c3)nc(-c3ccccc3)c3ccc5c(c34)Oc3ccccc3C53c4ccccc4-c4ccccc43)cc(-c3cccc4c3sc3ccccc34)n2)cc1. The van der Waals surface area contributed by atoms with Crippen LogP contribution in [-0.4, -0.2) is 15.0 Å². The molecule has 5 heteroatoms. The smallest absolute Gasteiger partial charge is 0.160 e. The van der Waals surface area contributed by atoms with Crippen molar-refractivity contribution in [3.63, 3.8) is 0 Å². The molecule has 14 rings (SSSR count). The molecule has 12 aromatic rings. The van der Waals surface area contributed by atoms with Crippen LogP contribution in [0.4, 0.5) is 0 Å². The standard InChI is InChI=1S/C60H35N3OS/c1-3-16-36(17-4-1)56-45-32-33-49-57(64-53-28-13-12-27-48(53)60(49)46-25-10-7-20-39(46)40-21-8-11-26-47(40)60)55(45)43-31-30-38(34-51(43)61-56)50-35-52(63-59(62-50)37-18-5-2-6-19-37)44-24-15-23-42-41-22-9-14-29-54(41)65-58(42)44/h1-35H. The first-order valence-electron chi connectivity index (χ1n) is 22.0. The van der Waals surface area contributed by atoms with E-state index in [0.717, 1.165) is 83.6 Å². The van der Waals surface area contributed by atoms with Gasteiger partial charge in [0.1, 0.15) is 11.5 Å². The molecule has 0 bridgehead atoms. The fraction of sp³-hybridized carbons (Fsp3) is 0.0167. The number of aromatic nitrogens is 3. The van der Waals surface area contributed by atoms with Crippen LogP contribution < -0.4 is 4.74 Å². The summed E-state index contributed by atoms with van der Waals surface area (Å²) in [5.41, 5.74) is 14.2. The van der Waals surface area contributed by atoms with Gasteiger partial charge < -0.3 is 4.74 Å². The molecule has 4 heterocycles. The number of para-hydroxylation sites is 1. The summed E-state index contributed by atoms with van der Waals surface area (Å²) in [4.78, 5) is 16.1. The second kappa shape index (κ2) is 13.9. The Balaban J connectivity index is 1.04. The Kier molecular flexibility index (Phi) is 7.74. The van der Waals surface area contributed by atoms with Crippen molar-refractivity contribution in [3.05, 3.63) is 235 Å². The molecule has 2 aliphatic rings. The first-order valence-corrected chi connectivity index (χ1v) is 22.8. The van der Waals surface area contributed by atoms with E-state index in [1.54, 1.807) is 0 Å². The topological polar surface area (TPSA) is 47.9 Å². The summed E-state index contributed by atoms with van der Waals surface area (Å²) in [6.45, 7) is 0. The van der Waals surface area contributed by atoms with Gasteiger partial charge >= 0.3 is 0 Å². The molecule has 0 atom stereocenters. The van der Waals surface area contributed by atoms with Crippen LogP contribution in [0.5, 0.6) is 11.5 Å². The summed E-state index contributed by atoms with van der Waals surface area (Å²) in [5, 5.41) is 5.59. The van der Waals surface area contributed by atoms with Crippen molar-refractivity contribution >= 4 is 53.2 Å². The molecule has 0 N–H and O–H groups in total. The van der Waals surface area contributed by atoms with Gasteiger partial charge in [-0.25, -0.2) is 15.0 Å². The number of benzene rings is 9. The zero-order valence-corrected chi connectivity index (χ0v) is 35.7. The minimum absolute atomic E-state index is 0.587. The lowest BCUT2D eigenvalue weighted by Crippen LogP contribution is -2.32. The molecule has 302 valence electrons. The van der Waals surface area contributed by atoms with Gasteiger partial charge in [0.15, 0.2) is 5.82 Å². The summed E-state index contributed by atoms with van der Waals surface area (Å²) in [7, 11) is 0. The maximum absolute atomic E-state index is 7.26. The van der Waals surface area contributed by atoms with Gasteiger partial charge in [0.05, 0.1) is 28.0 Å². The number of fused-ring (bicyclic) bond motifs is 16. The van der Waals surface area contributed by atoms with Crippen molar-refractivity contribution in [1.82, 2.24) is 15.0 Å². The predicted octanol–water partition coefficient (Wildman–Crippen LogP) is 15.7. The molecule has 0 saturated heterocycles. The van der Waals surface area contributed by atoms with E-state index in [2.05, 4.69) is 194 Å². The van der Waals surface area contributed by atoms with Gasteiger partial charge in [0, 0.05) is 69.7 Å². The second-order valence-electron chi connectivity index (χ2n) is 17.0. The fourth-order valence-electron chi connectivity index (χ4n) is 10.8. The number of hydrogen-bond acceptors (Lipinski definition) is 5. The first kappa shape index (κ1) is 36.3. The van der Waals surface area contributed by atoms with E-state index in [1.165, 1.54) is 42.4 Å². The van der Waals surface area contributed by atoms with Crippen LogP contribution in [0.3, 0.4) is 0 Å². The van der Waals surface area contributed by atoms with Crippen LogP contribution in [-0.2, 0) is 5.41 Å². The van der Waals surface area contributed by atoms with Crippen LogP contribution in [0.15, 0.2) is 212 Å². The third kappa shape index (κ3) is 5.21. The molecule has 0 radical (unpaired) electrons. The number of rotatable bonds is 4. The van der Waals surface area contributed by atoms with Crippen molar-refractivity contribution in [2.24, 2.45) is 0 Å². The molecule has 0 fully saturated rings. The lowest BCUT2D eigenvalue weighted by Gasteiger charge is -2.40. The van der Waals surface area contributed by atoms with Crippen LogP contribution in [0.1, 0.15) is 22.3 Å². The maximum Gasteiger partial charge on any atom is 0.160 e. The minimum Gasteiger partial charge on any atom is -0.456 e. The molecule has 65 heavy (non-hydrogen) atoms. The minimum atomic E-state index is -0.587. The molecular weight excluding hydrogens is 811 g/mol. The zero-order valence-electron chi connectivity index (χ0n) is 34.9. The fourth-order valence-corrected chi connectivity index (χ4v) is 12.0. The highest BCUT2D eigenvalue weighted by Crippen LogP contribution is 2.63. The predicted molar refractivity (Wildman–Crippen MR) is 267 cm³/mol. The number of nitrogens with zero attached hydrogens (tertiary/aromatic N) is 3. The lowest BCUT2D eigenvalue weighted by molar-refractivity contribution is 0.442. The molecule has 3 aromatic heterocycles. The van der Waals surface area contributed by atoms with E-state index in [9.17, 15) is 0 Å². The van der Waals surface area contributed by atoms with Crippen molar-refractivity contribution in [2.45, 2.75) is 5.41 Å². The monoisotopic (exact) mass is 845 g/mol. The molecule has 0 saturated carbocycles. The summed E-state index contributed by atoms with van der Waals surface area (Å²) in [5.74, 6) is 2.39. The van der Waals surface area contributed by atoms with E-state index in [0.29, 0.717) is 5.82 Å². The molecule has 4 nitrogen and oxygen atoms in total. The van der Waals surface area contributed by atoms with Crippen LogP contribution in [0.25, 0.3) is 98.1 Å². The molecule has 9 aromatic carbocycles. The van der Waals surface area contributed by atoms with Gasteiger partial charge in [-0.05, 0) is 46.5 Å². The Labute approximate surface area is 378 Å². The van der Waals surface area contributed by atoms with Gasteiger partial charge in [-0.1, -0.05) is 188 Å². The Morgan fingerprint density at radius 2 is 1.03 bits per heavy atom. The molecule has 0 unspecified atom stereocenters. The Morgan fingerprint density at radius 1 is 0.400 bits per heavy atom. The van der Waals surface area contributed by atoms with E-state index in [1.807, 2.05) is 29.5 Å². The van der Waals surface area contributed by atoms with E-state index in [-0.39, 0.29) is 0 Å². The van der Waals surface area contributed by atoms with E-state index in [4.69, 9.17) is 19.7 Å². The zero-order chi connectivity index (χ0) is 42.6. The van der Waals surface area contributed by atoms with Gasteiger partial charge in [-0.3, -0.25) is 0 Å². The first-order chi connectivity index (χ1) is 32.2. The number of ether oxygens (including phenoxy) is 1. The number of pyridine rings is 1. The normalized spacial score (nSPS) is 13.2. The average Bonchev–Trinajstić information content (AvgIpc) is 3.90. The maximum atomic E-state index is 7.26. The third-order valence-corrected chi connectivity index (χ3v) is 14.8. The Morgan fingerprint density at radius 3 is 1.83 bits per heavy atom. The van der Waals surface area contributed by atoms with Gasteiger partial charge in [-0.15, -0.1) is 11.3 Å². The largest absolute Gasteiger partial charge is 0.456 e. The highest BCUT2D eigenvalue weighted by molar-refractivity contribution is 7.26. The van der Waals surface area contributed by atoms with Crippen molar-refractivity contribution < 1.29 is 4.74 Å². The Bertz CT molecular complexity index is 3890. The van der Waals surface area contributed by atoms with E-state index >= 15 is 0 Å². The molecule has 1 aliphatic carbocycles. The highest BCUT2D eigenvalue weighted by Gasteiger charge is 2.51. The third-order valence-electron chi connectivity index (χ3n) is 13.6. The van der Waals surface area contributed by atoms with Crippen molar-refractivity contribution in [3.8, 4) is 67.8 Å². The van der Waals surface area contributed by atoms with Gasteiger partial charge in [0.2, 0.25) is 0 Å². The number of thiophene rings is 1. The molecule has 1 spiro atoms. The average molecular weight is 846 g/mol. The summed E-state index contributed by atoms with van der Waals surface area (Å²) >= 11 is 1.81. The summed E-state index contributed by atoms with van der Waals surface area (Å²) in [6.07, 6.45) is 0. The quantitative estimate of drug-likeness (QED) is 0.166. The van der Waals surface area contributed by atoms with Gasteiger partial charge in [-0.2, -0.15) is 0 Å². The van der Waals surface area contributed by atoms with Crippen molar-refractivity contribution in [2.75, 3.05) is 0 Å². The summed E-state index contributed by atoms with van der Waals surface area (Å²) < 4.78 is 9.74. The van der Waals surface area contributed by atoms with Crippen LogP contribution in [0.2, 0.25) is 0 Å². The molecule has 1 aliphatic heterocycles. The molecule has 0 amide bonds. The lowest BCUT2D eigenvalue weighted by atomic mass is 9.65. The number of hydrogen-bond donors (Lipinski definition) is 0. The molecular formula is C60H35N3OS. The Hall–Kier alpha value is -8.25.